The summed E-state index contributed by atoms with van der Waals surface area (Å²) in [5.41, 5.74) is 2.80. The number of anilines is 1. The van der Waals surface area contributed by atoms with Crippen LogP contribution in [0.5, 0.6) is 11.5 Å². The van der Waals surface area contributed by atoms with Crippen LogP contribution in [0.4, 0.5) is 5.69 Å². The van der Waals surface area contributed by atoms with Gasteiger partial charge in [0.25, 0.3) is 5.91 Å². The highest BCUT2D eigenvalue weighted by Crippen LogP contribution is 2.32. The van der Waals surface area contributed by atoms with Crippen LogP contribution in [0.2, 0.25) is 0 Å². The molecule has 33 heavy (non-hydrogen) atoms. The molecule has 0 aliphatic carbocycles. The minimum absolute atomic E-state index is 0.0846. The van der Waals surface area contributed by atoms with Gasteiger partial charge in [0.15, 0.2) is 11.5 Å². The molecule has 1 amide bonds. The van der Waals surface area contributed by atoms with Crippen LogP contribution in [-0.4, -0.2) is 38.4 Å². The second kappa shape index (κ2) is 10.0. The highest BCUT2D eigenvalue weighted by molar-refractivity contribution is 5.94. The molecule has 0 atom stereocenters. The van der Waals surface area contributed by atoms with Gasteiger partial charge in [-0.1, -0.05) is 6.07 Å². The van der Waals surface area contributed by atoms with Gasteiger partial charge in [0.05, 0.1) is 6.26 Å². The molecular formula is C26H29N3O4. The van der Waals surface area contributed by atoms with E-state index in [0.29, 0.717) is 18.2 Å². The molecule has 1 saturated heterocycles. The number of furan rings is 1. The zero-order valence-electron chi connectivity index (χ0n) is 18.6. The van der Waals surface area contributed by atoms with Crippen molar-refractivity contribution in [3.8, 4) is 11.5 Å². The third-order valence-electron chi connectivity index (χ3n) is 6.26. The van der Waals surface area contributed by atoms with Crippen LogP contribution in [0.15, 0.2) is 65.3 Å². The third-order valence-corrected chi connectivity index (χ3v) is 6.26. The summed E-state index contributed by atoms with van der Waals surface area (Å²) < 4.78 is 16.1. The zero-order chi connectivity index (χ0) is 22.5. The van der Waals surface area contributed by atoms with E-state index in [0.717, 1.165) is 67.4 Å². The van der Waals surface area contributed by atoms with E-state index < -0.39 is 0 Å². The lowest BCUT2D eigenvalue weighted by Gasteiger charge is -2.34. The Morgan fingerprint density at radius 3 is 2.61 bits per heavy atom. The standard InChI is InChI=1S/C26H29N3O4/c30-26(28-17-19-3-8-24-25(16-19)33-18-32-24)20-4-6-22(7-5-20)29-13-10-21(11-14-29)27-12-9-23-2-1-15-31-23/h1-8,15-16,21,27H,9-14,17-18H2,(H,28,30). The van der Waals surface area contributed by atoms with Crippen LogP contribution in [0.1, 0.15) is 34.5 Å². The molecule has 2 N–H and O–H groups in total. The summed E-state index contributed by atoms with van der Waals surface area (Å²) in [5.74, 6) is 2.41. The van der Waals surface area contributed by atoms with Gasteiger partial charge in [-0.25, -0.2) is 0 Å². The summed E-state index contributed by atoms with van der Waals surface area (Å²) in [5, 5.41) is 6.62. The highest BCUT2D eigenvalue weighted by atomic mass is 16.7. The topological polar surface area (TPSA) is 76.0 Å². The molecule has 0 radical (unpaired) electrons. The molecule has 7 nitrogen and oxygen atoms in total. The predicted octanol–water partition coefficient (Wildman–Crippen LogP) is 3.74. The van der Waals surface area contributed by atoms with E-state index in [4.69, 9.17) is 13.9 Å². The van der Waals surface area contributed by atoms with Crippen LogP contribution in [0.3, 0.4) is 0 Å². The number of piperidine rings is 1. The maximum absolute atomic E-state index is 12.6. The highest BCUT2D eigenvalue weighted by Gasteiger charge is 2.19. The molecule has 0 bridgehead atoms. The Bertz CT molecular complexity index is 1060. The quantitative estimate of drug-likeness (QED) is 0.548. The second-order valence-electron chi connectivity index (χ2n) is 8.46. The molecule has 2 aromatic carbocycles. The largest absolute Gasteiger partial charge is 0.469 e. The first kappa shape index (κ1) is 21.4. The summed E-state index contributed by atoms with van der Waals surface area (Å²) in [6.45, 7) is 3.64. The van der Waals surface area contributed by atoms with Gasteiger partial charge in [0, 0.05) is 49.9 Å². The van der Waals surface area contributed by atoms with Crippen molar-refractivity contribution >= 4 is 11.6 Å². The first-order chi connectivity index (χ1) is 16.2. The monoisotopic (exact) mass is 447 g/mol. The average molecular weight is 448 g/mol. The Morgan fingerprint density at radius 2 is 1.82 bits per heavy atom. The number of fused-ring (bicyclic) bond motifs is 1. The molecule has 5 rings (SSSR count). The maximum Gasteiger partial charge on any atom is 0.251 e. The van der Waals surface area contributed by atoms with Crippen molar-refractivity contribution in [1.29, 1.82) is 0 Å². The van der Waals surface area contributed by atoms with Gasteiger partial charge in [-0.3, -0.25) is 4.79 Å². The SMILES string of the molecule is O=C(NCc1ccc2c(c1)OCO2)c1ccc(N2CCC(NCCc3ccco3)CC2)cc1. The van der Waals surface area contributed by atoms with Crippen molar-refractivity contribution in [3.63, 3.8) is 0 Å². The molecule has 1 aromatic heterocycles. The fourth-order valence-corrected chi connectivity index (χ4v) is 4.36. The number of rotatable bonds is 8. The van der Waals surface area contributed by atoms with Gasteiger partial charge >= 0.3 is 0 Å². The number of carbonyl (C=O) groups excluding carboxylic acids is 1. The van der Waals surface area contributed by atoms with Gasteiger partial charge in [-0.2, -0.15) is 0 Å². The Balaban J connectivity index is 1.07. The molecule has 2 aliphatic rings. The van der Waals surface area contributed by atoms with Crippen LogP contribution >= 0.6 is 0 Å². The molecule has 2 aliphatic heterocycles. The number of hydrogen-bond donors (Lipinski definition) is 2. The van der Waals surface area contributed by atoms with E-state index in [2.05, 4.69) is 15.5 Å². The predicted molar refractivity (Wildman–Crippen MR) is 126 cm³/mol. The molecule has 3 aromatic rings. The van der Waals surface area contributed by atoms with Crippen molar-refractivity contribution in [2.45, 2.75) is 31.8 Å². The second-order valence-corrected chi connectivity index (χ2v) is 8.46. The van der Waals surface area contributed by atoms with Gasteiger partial charge in [0.1, 0.15) is 5.76 Å². The number of benzene rings is 2. The van der Waals surface area contributed by atoms with Crippen LogP contribution in [-0.2, 0) is 13.0 Å². The van der Waals surface area contributed by atoms with E-state index in [1.165, 1.54) is 0 Å². The number of ether oxygens (including phenoxy) is 2. The number of nitrogens with one attached hydrogen (secondary N) is 2. The lowest BCUT2D eigenvalue weighted by molar-refractivity contribution is 0.0951. The van der Waals surface area contributed by atoms with E-state index in [9.17, 15) is 4.79 Å². The van der Waals surface area contributed by atoms with Crippen LogP contribution in [0.25, 0.3) is 0 Å². The van der Waals surface area contributed by atoms with Crippen molar-refractivity contribution < 1.29 is 18.7 Å². The summed E-state index contributed by atoms with van der Waals surface area (Å²) >= 11 is 0. The number of nitrogens with zero attached hydrogens (tertiary/aromatic N) is 1. The zero-order valence-corrected chi connectivity index (χ0v) is 18.6. The number of hydrogen-bond acceptors (Lipinski definition) is 6. The van der Waals surface area contributed by atoms with Gasteiger partial charge in [-0.05, 0) is 66.9 Å². The van der Waals surface area contributed by atoms with Gasteiger partial charge in [0.2, 0.25) is 6.79 Å². The fraction of sp³-hybridized carbons (Fsp3) is 0.346. The van der Waals surface area contributed by atoms with E-state index in [1.807, 2.05) is 54.6 Å². The van der Waals surface area contributed by atoms with Crippen molar-refractivity contribution in [2.75, 3.05) is 31.3 Å². The van der Waals surface area contributed by atoms with Gasteiger partial charge < -0.3 is 29.4 Å². The van der Waals surface area contributed by atoms with Crippen LogP contribution in [0, 0.1) is 0 Å². The molecule has 0 spiro atoms. The smallest absolute Gasteiger partial charge is 0.251 e. The number of carbonyl (C=O) groups is 1. The third kappa shape index (κ3) is 5.31. The fourth-order valence-electron chi connectivity index (χ4n) is 4.36. The summed E-state index contributed by atoms with van der Waals surface area (Å²) in [6.07, 6.45) is 4.86. The van der Waals surface area contributed by atoms with E-state index >= 15 is 0 Å². The minimum atomic E-state index is -0.0846. The molecule has 0 saturated carbocycles. The van der Waals surface area contributed by atoms with E-state index in [-0.39, 0.29) is 12.7 Å². The molecule has 1 fully saturated rings. The molecule has 0 unspecified atom stereocenters. The first-order valence-electron chi connectivity index (χ1n) is 11.5. The lowest BCUT2D eigenvalue weighted by Crippen LogP contribution is -2.43. The van der Waals surface area contributed by atoms with Crippen LogP contribution < -0.4 is 25.0 Å². The Hall–Kier alpha value is -3.45. The maximum atomic E-state index is 12.6. The first-order valence-corrected chi connectivity index (χ1v) is 11.5. The Kier molecular flexibility index (Phi) is 6.48. The minimum Gasteiger partial charge on any atom is -0.469 e. The van der Waals surface area contributed by atoms with E-state index in [1.54, 1.807) is 6.26 Å². The van der Waals surface area contributed by atoms with Gasteiger partial charge in [-0.15, -0.1) is 0 Å². The average Bonchev–Trinajstić information content (AvgIpc) is 3.55. The lowest BCUT2D eigenvalue weighted by atomic mass is 10.0. The normalized spacial score (nSPS) is 15.6. The molecule has 7 heteroatoms. The summed E-state index contributed by atoms with van der Waals surface area (Å²) in [6, 6.07) is 18.1. The summed E-state index contributed by atoms with van der Waals surface area (Å²) in [4.78, 5) is 15.0. The van der Waals surface area contributed by atoms with Crippen molar-refractivity contribution in [3.05, 3.63) is 77.7 Å². The Morgan fingerprint density at radius 1 is 1.00 bits per heavy atom. The molecular weight excluding hydrogens is 418 g/mol. The molecule has 3 heterocycles. The number of amides is 1. The summed E-state index contributed by atoms with van der Waals surface area (Å²) in [7, 11) is 0. The van der Waals surface area contributed by atoms with Crippen molar-refractivity contribution in [2.24, 2.45) is 0 Å². The van der Waals surface area contributed by atoms with Crippen molar-refractivity contribution in [1.82, 2.24) is 10.6 Å². The molecule has 172 valence electrons. The Labute approximate surface area is 193 Å².